The van der Waals surface area contributed by atoms with E-state index in [1.54, 1.807) is 0 Å². The molecule has 3 aromatic heterocycles. The molecule has 0 aliphatic heterocycles. The molecule has 0 N–H and O–H groups in total. The van der Waals surface area contributed by atoms with Crippen molar-refractivity contribution in [2.24, 2.45) is 0 Å². The van der Waals surface area contributed by atoms with Gasteiger partial charge in [0.05, 0.1) is 27.6 Å². The zero-order chi connectivity index (χ0) is 30.9. The molecule has 7 aromatic carbocycles. The van der Waals surface area contributed by atoms with Crippen molar-refractivity contribution in [2.45, 2.75) is 0 Å². The number of hydrogen-bond acceptors (Lipinski definition) is 0. The molecule has 3 nitrogen and oxygen atoms in total. The van der Waals surface area contributed by atoms with Gasteiger partial charge in [-0.3, -0.25) is 0 Å². The van der Waals surface area contributed by atoms with Gasteiger partial charge in [0.1, 0.15) is 0 Å². The third kappa shape index (κ3) is 3.87. The summed E-state index contributed by atoms with van der Waals surface area (Å²) in [6.07, 6.45) is 2.21. The lowest BCUT2D eigenvalue weighted by Crippen LogP contribution is -1.99. The maximum atomic E-state index is 2.45. The highest BCUT2D eigenvalue weighted by atomic mass is 15.0. The third-order valence-corrected chi connectivity index (χ3v) is 9.68. The molecule has 0 saturated carbocycles. The topological polar surface area (TPSA) is 14.8 Å². The molecule has 10 rings (SSSR count). The highest BCUT2D eigenvalue weighted by molar-refractivity contribution is 6.18. The van der Waals surface area contributed by atoms with Crippen LogP contribution in [0.4, 0.5) is 0 Å². The Bertz CT molecular complexity index is 2720. The van der Waals surface area contributed by atoms with E-state index in [4.69, 9.17) is 0 Å². The van der Waals surface area contributed by atoms with Gasteiger partial charge in [0.25, 0.3) is 0 Å². The maximum absolute atomic E-state index is 2.45. The van der Waals surface area contributed by atoms with Crippen molar-refractivity contribution in [2.75, 3.05) is 0 Å². The van der Waals surface area contributed by atoms with Gasteiger partial charge in [0.15, 0.2) is 0 Å². The van der Waals surface area contributed by atoms with Gasteiger partial charge in [-0.25, -0.2) is 0 Å². The number of para-hydroxylation sites is 3. The van der Waals surface area contributed by atoms with Crippen LogP contribution in [0.25, 0.3) is 82.7 Å². The first kappa shape index (κ1) is 26.0. The molecule has 0 bridgehead atoms. The zero-order valence-corrected chi connectivity index (χ0v) is 25.6. The Balaban J connectivity index is 1.19. The summed E-state index contributed by atoms with van der Waals surface area (Å²) in [4.78, 5) is 0. The summed E-state index contributed by atoms with van der Waals surface area (Å²) in [7, 11) is 0. The Hall–Kier alpha value is -6.32. The van der Waals surface area contributed by atoms with E-state index in [1.165, 1.54) is 65.6 Å². The summed E-state index contributed by atoms with van der Waals surface area (Å²) in [5.74, 6) is 0. The number of nitrogens with zero attached hydrogens (tertiary/aromatic N) is 3. The van der Waals surface area contributed by atoms with E-state index in [9.17, 15) is 0 Å². The van der Waals surface area contributed by atoms with Crippen molar-refractivity contribution in [1.29, 1.82) is 0 Å². The second-order valence-corrected chi connectivity index (χ2v) is 12.2. The van der Waals surface area contributed by atoms with E-state index in [-0.39, 0.29) is 0 Å². The molecule has 0 amide bonds. The van der Waals surface area contributed by atoms with Gasteiger partial charge in [-0.05, 0) is 71.8 Å². The summed E-state index contributed by atoms with van der Waals surface area (Å²) in [6, 6.07) is 61.4. The van der Waals surface area contributed by atoms with E-state index in [2.05, 4.69) is 190 Å². The van der Waals surface area contributed by atoms with Crippen LogP contribution in [-0.4, -0.2) is 13.7 Å². The molecule has 0 saturated heterocycles. The molecule has 0 fully saturated rings. The average molecular weight is 600 g/mol. The first-order valence-corrected chi connectivity index (χ1v) is 16.1. The summed E-state index contributed by atoms with van der Waals surface area (Å²) in [6.45, 7) is 0. The fraction of sp³-hybridized carbons (Fsp3) is 0. The molecule has 0 unspecified atom stereocenters. The van der Waals surface area contributed by atoms with Crippen molar-refractivity contribution in [3.05, 3.63) is 176 Å². The van der Waals surface area contributed by atoms with Gasteiger partial charge in [-0.1, -0.05) is 109 Å². The number of fused-ring (bicyclic) bond motifs is 8. The lowest BCUT2D eigenvalue weighted by Gasteiger charge is -2.13. The van der Waals surface area contributed by atoms with Gasteiger partial charge in [-0.15, -0.1) is 0 Å². The Morgan fingerprint density at radius 2 is 0.851 bits per heavy atom. The molecule has 47 heavy (non-hydrogen) atoms. The Morgan fingerprint density at radius 3 is 1.53 bits per heavy atom. The molecular formula is C44H29N3. The normalized spacial score (nSPS) is 11.8. The standard InChI is InChI=1S/C44H29N3/c1-2-11-30(12-3-1)31-21-23-32(24-22-31)45-28-27-39-40(45)26-25-38-37-17-6-9-20-43(37)47(44(38)39)34-14-10-13-33(29-34)46-41-18-7-4-15-35(41)36-16-5-8-19-42(36)46/h1-29H. The van der Waals surface area contributed by atoms with Crippen LogP contribution >= 0.6 is 0 Å². The van der Waals surface area contributed by atoms with Crippen molar-refractivity contribution < 1.29 is 0 Å². The first-order chi connectivity index (χ1) is 23.3. The molecule has 220 valence electrons. The minimum absolute atomic E-state index is 1.14. The summed E-state index contributed by atoms with van der Waals surface area (Å²) in [5.41, 5.74) is 11.9. The van der Waals surface area contributed by atoms with Crippen molar-refractivity contribution in [3.63, 3.8) is 0 Å². The molecule has 0 aliphatic rings. The highest BCUT2D eigenvalue weighted by Gasteiger charge is 2.18. The Labute approximate surface area is 271 Å². The molecule has 0 radical (unpaired) electrons. The summed E-state index contributed by atoms with van der Waals surface area (Å²) in [5, 5.41) is 6.28. The molecule has 0 atom stereocenters. The van der Waals surface area contributed by atoms with Gasteiger partial charge in [-0.2, -0.15) is 0 Å². The number of benzene rings is 7. The van der Waals surface area contributed by atoms with Crippen molar-refractivity contribution in [3.8, 4) is 28.2 Å². The minimum atomic E-state index is 1.14. The largest absolute Gasteiger partial charge is 0.316 e. The Kier molecular flexibility index (Phi) is 5.57. The molecule has 0 aliphatic carbocycles. The number of hydrogen-bond donors (Lipinski definition) is 0. The first-order valence-electron chi connectivity index (χ1n) is 16.1. The van der Waals surface area contributed by atoms with Crippen LogP contribution in [0.5, 0.6) is 0 Å². The number of aromatic nitrogens is 3. The minimum Gasteiger partial charge on any atom is -0.316 e. The van der Waals surface area contributed by atoms with Crippen molar-refractivity contribution >= 4 is 54.5 Å². The van der Waals surface area contributed by atoms with E-state index in [1.807, 2.05) is 0 Å². The monoisotopic (exact) mass is 599 g/mol. The van der Waals surface area contributed by atoms with Crippen LogP contribution in [0.15, 0.2) is 176 Å². The van der Waals surface area contributed by atoms with E-state index in [0.717, 1.165) is 17.1 Å². The van der Waals surface area contributed by atoms with Crippen LogP contribution in [0, 0.1) is 0 Å². The second-order valence-electron chi connectivity index (χ2n) is 12.2. The van der Waals surface area contributed by atoms with Crippen LogP contribution in [0.1, 0.15) is 0 Å². The van der Waals surface area contributed by atoms with E-state index < -0.39 is 0 Å². The highest BCUT2D eigenvalue weighted by Crippen LogP contribution is 2.39. The molecular weight excluding hydrogens is 571 g/mol. The van der Waals surface area contributed by atoms with Gasteiger partial charge in [0, 0.05) is 50.2 Å². The summed E-state index contributed by atoms with van der Waals surface area (Å²) >= 11 is 0. The third-order valence-electron chi connectivity index (χ3n) is 9.68. The smallest absolute Gasteiger partial charge is 0.0635 e. The van der Waals surface area contributed by atoms with Gasteiger partial charge >= 0.3 is 0 Å². The zero-order valence-electron chi connectivity index (χ0n) is 25.6. The van der Waals surface area contributed by atoms with Crippen LogP contribution in [0.2, 0.25) is 0 Å². The van der Waals surface area contributed by atoms with Crippen molar-refractivity contribution in [1.82, 2.24) is 13.7 Å². The Morgan fingerprint density at radius 1 is 0.298 bits per heavy atom. The predicted octanol–water partition coefficient (Wildman–Crippen LogP) is 11.5. The van der Waals surface area contributed by atoms with Gasteiger partial charge in [0.2, 0.25) is 0 Å². The lowest BCUT2D eigenvalue weighted by atomic mass is 10.1. The molecule has 0 spiro atoms. The second kappa shape index (κ2) is 10.1. The van der Waals surface area contributed by atoms with E-state index in [0.29, 0.717) is 0 Å². The quantitative estimate of drug-likeness (QED) is 0.191. The van der Waals surface area contributed by atoms with E-state index >= 15 is 0 Å². The molecule has 3 heteroatoms. The predicted molar refractivity (Wildman–Crippen MR) is 197 cm³/mol. The summed E-state index contributed by atoms with van der Waals surface area (Å²) < 4.78 is 7.15. The van der Waals surface area contributed by atoms with Crippen LogP contribution < -0.4 is 0 Å². The van der Waals surface area contributed by atoms with Crippen LogP contribution in [-0.2, 0) is 0 Å². The lowest BCUT2D eigenvalue weighted by molar-refractivity contribution is 1.13. The molecule has 3 heterocycles. The van der Waals surface area contributed by atoms with Crippen LogP contribution in [0.3, 0.4) is 0 Å². The average Bonchev–Trinajstić information content (AvgIpc) is 3.82. The maximum Gasteiger partial charge on any atom is 0.0635 e. The van der Waals surface area contributed by atoms with Gasteiger partial charge < -0.3 is 13.7 Å². The fourth-order valence-electron chi connectivity index (χ4n) is 7.59. The fourth-order valence-corrected chi connectivity index (χ4v) is 7.59. The number of rotatable bonds is 4. The SMILES string of the molecule is c1ccc(-c2ccc(-n3ccc4c3ccc3c5ccccc5n(-c5cccc(-n6c7ccccc7c7ccccc76)c5)c34)cc2)cc1. The molecule has 10 aromatic rings.